The van der Waals surface area contributed by atoms with Gasteiger partial charge in [0.1, 0.15) is 0 Å². The molecule has 5 fully saturated rings. The zero-order valence-electron chi connectivity index (χ0n) is 18.5. The van der Waals surface area contributed by atoms with Crippen molar-refractivity contribution in [3.05, 3.63) is 12.2 Å². The van der Waals surface area contributed by atoms with Gasteiger partial charge >= 0.3 is 11.9 Å². The van der Waals surface area contributed by atoms with Gasteiger partial charge in [-0.15, -0.1) is 0 Å². The summed E-state index contributed by atoms with van der Waals surface area (Å²) >= 11 is 0. The Labute approximate surface area is 185 Å². The van der Waals surface area contributed by atoms with Crippen molar-refractivity contribution in [1.29, 1.82) is 0 Å². The summed E-state index contributed by atoms with van der Waals surface area (Å²) in [6.45, 7) is 1.24. The number of fused-ring (bicyclic) bond motifs is 6. The largest absolute Gasteiger partial charge is 0.465 e. The molecule has 0 spiro atoms. The quantitative estimate of drug-likeness (QED) is 0.249. The lowest BCUT2D eigenvalue weighted by Crippen LogP contribution is -2.36. The maximum Gasteiger partial charge on any atom is 0.312 e. The van der Waals surface area contributed by atoms with Crippen LogP contribution in [0.1, 0.15) is 57.8 Å². The lowest BCUT2D eigenvalue weighted by atomic mass is 9.83. The summed E-state index contributed by atoms with van der Waals surface area (Å²) in [6.07, 6.45) is 15.6. The van der Waals surface area contributed by atoms with E-state index in [2.05, 4.69) is 12.2 Å². The van der Waals surface area contributed by atoms with E-state index in [9.17, 15) is 9.59 Å². The van der Waals surface area contributed by atoms with Crippen LogP contribution in [0.15, 0.2) is 12.2 Å². The Morgan fingerprint density at radius 3 is 1.81 bits per heavy atom. The maximum atomic E-state index is 13.0. The van der Waals surface area contributed by atoms with Gasteiger partial charge in [0, 0.05) is 0 Å². The molecule has 0 aromatic heterocycles. The van der Waals surface area contributed by atoms with Gasteiger partial charge in [-0.1, -0.05) is 25.0 Å². The van der Waals surface area contributed by atoms with E-state index in [1.165, 1.54) is 51.4 Å². The predicted molar refractivity (Wildman–Crippen MR) is 113 cm³/mol. The van der Waals surface area contributed by atoms with Crippen LogP contribution in [0.25, 0.3) is 0 Å². The van der Waals surface area contributed by atoms with Gasteiger partial charge in [0.05, 0.1) is 25.0 Å². The third-order valence-corrected chi connectivity index (χ3v) is 9.83. The lowest BCUT2D eigenvalue weighted by Gasteiger charge is -2.27. The van der Waals surface area contributed by atoms with E-state index in [1.54, 1.807) is 0 Å². The van der Waals surface area contributed by atoms with E-state index in [4.69, 9.17) is 14.2 Å². The highest BCUT2D eigenvalue weighted by atomic mass is 16.7. The van der Waals surface area contributed by atoms with Crippen LogP contribution in [0.5, 0.6) is 0 Å². The molecule has 0 aromatic rings. The molecule has 0 aliphatic heterocycles. The number of rotatable bonds is 8. The normalized spacial score (nSPS) is 46.2. The van der Waals surface area contributed by atoms with Crippen molar-refractivity contribution in [2.75, 3.05) is 20.0 Å². The number of hydrogen-bond acceptors (Lipinski definition) is 5. The standard InChI is InChI=1S/C26H36O5/c27-25(30-13-22-10-16-2-4-18(22)8-16)23-19-5-6-20(11-19)24(23)26(28)31-14-29-12-21-9-15-1-3-17(21)7-15/h5-6,15-24H,1-4,7-14H2. The van der Waals surface area contributed by atoms with Gasteiger partial charge in [0.15, 0.2) is 6.79 Å². The second-order valence-corrected chi connectivity index (χ2v) is 11.5. The van der Waals surface area contributed by atoms with Crippen LogP contribution >= 0.6 is 0 Å². The number of allylic oxidation sites excluding steroid dienone is 2. The Kier molecular flexibility index (Phi) is 5.36. The lowest BCUT2D eigenvalue weighted by molar-refractivity contribution is -0.171. The number of carbonyl (C=O) groups excluding carboxylic acids is 2. The molecule has 31 heavy (non-hydrogen) atoms. The maximum absolute atomic E-state index is 13.0. The van der Waals surface area contributed by atoms with Crippen molar-refractivity contribution >= 4 is 11.9 Å². The van der Waals surface area contributed by atoms with Crippen molar-refractivity contribution < 1.29 is 23.8 Å². The molecule has 6 rings (SSSR count). The highest BCUT2D eigenvalue weighted by molar-refractivity contribution is 5.84. The zero-order chi connectivity index (χ0) is 20.9. The molecule has 10 atom stereocenters. The Morgan fingerprint density at radius 2 is 1.26 bits per heavy atom. The van der Waals surface area contributed by atoms with Crippen LogP contribution in [0, 0.1) is 59.2 Å². The predicted octanol–water partition coefficient (Wildman–Crippen LogP) is 4.36. The van der Waals surface area contributed by atoms with Gasteiger partial charge in [-0.2, -0.15) is 0 Å². The average molecular weight is 429 g/mol. The van der Waals surface area contributed by atoms with E-state index in [-0.39, 0.29) is 36.5 Å². The molecular formula is C26H36O5. The number of carbonyl (C=O) groups is 2. The molecule has 6 aliphatic rings. The second kappa shape index (κ2) is 8.20. The minimum atomic E-state index is -0.409. The molecule has 0 aromatic carbocycles. The zero-order valence-corrected chi connectivity index (χ0v) is 18.5. The highest BCUT2D eigenvalue weighted by Crippen LogP contribution is 2.51. The first-order chi connectivity index (χ1) is 15.2. The van der Waals surface area contributed by atoms with Crippen LogP contribution in [-0.4, -0.2) is 31.9 Å². The summed E-state index contributed by atoms with van der Waals surface area (Å²) in [5.74, 6) is 3.41. The minimum Gasteiger partial charge on any atom is -0.465 e. The summed E-state index contributed by atoms with van der Waals surface area (Å²) in [6, 6.07) is 0. The fourth-order valence-electron chi connectivity index (χ4n) is 8.31. The average Bonchev–Trinajstić information content (AvgIpc) is 3.61. The molecule has 6 aliphatic carbocycles. The summed E-state index contributed by atoms with van der Waals surface area (Å²) in [4.78, 5) is 25.9. The highest BCUT2D eigenvalue weighted by Gasteiger charge is 2.53. The second-order valence-electron chi connectivity index (χ2n) is 11.5. The molecule has 5 heteroatoms. The molecule has 0 saturated heterocycles. The van der Waals surface area contributed by atoms with Crippen molar-refractivity contribution in [3.8, 4) is 0 Å². The molecule has 0 radical (unpaired) electrons. The van der Waals surface area contributed by atoms with Crippen LogP contribution in [0.3, 0.4) is 0 Å². The van der Waals surface area contributed by atoms with Crippen LogP contribution in [0.4, 0.5) is 0 Å². The number of hydrogen-bond donors (Lipinski definition) is 0. The van der Waals surface area contributed by atoms with Gasteiger partial charge in [-0.05, 0) is 92.3 Å². The first-order valence-corrected chi connectivity index (χ1v) is 12.7. The van der Waals surface area contributed by atoms with Crippen LogP contribution in [0.2, 0.25) is 0 Å². The molecule has 10 unspecified atom stereocenters. The topological polar surface area (TPSA) is 61.8 Å². The smallest absolute Gasteiger partial charge is 0.312 e. The molecule has 5 saturated carbocycles. The molecule has 0 N–H and O–H groups in total. The first-order valence-electron chi connectivity index (χ1n) is 12.7. The molecule has 0 amide bonds. The van der Waals surface area contributed by atoms with E-state index >= 15 is 0 Å². The van der Waals surface area contributed by atoms with Crippen LogP contribution in [-0.2, 0) is 23.8 Å². The minimum absolute atomic E-state index is 0.0111. The molecule has 5 nitrogen and oxygen atoms in total. The first kappa shape index (κ1) is 20.3. The number of ether oxygens (including phenoxy) is 3. The molecular weight excluding hydrogens is 392 g/mol. The van der Waals surface area contributed by atoms with Gasteiger partial charge in [0.2, 0.25) is 0 Å². The van der Waals surface area contributed by atoms with Gasteiger partial charge in [-0.25, -0.2) is 0 Å². The summed E-state index contributed by atoms with van der Waals surface area (Å²) in [5, 5.41) is 0. The van der Waals surface area contributed by atoms with E-state index in [0.29, 0.717) is 25.0 Å². The van der Waals surface area contributed by atoms with E-state index < -0.39 is 5.92 Å². The fraction of sp³-hybridized carbons (Fsp3) is 0.846. The van der Waals surface area contributed by atoms with E-state index in [1.807, 2.05) is 0 Å². The van der Waals surface area contributed by atoms with Crippen molar-refractivity contribution in [2.45, 2.75) is 57.8 Å². The summed E-state index contributed by atoms with van der Waals surface area (Å²) in [5.41, 5.74) is 0. The van der Waals surface area contributed by atoms with Crippen molar-refractivity contribution in [3.63, 3.8) is 0 Å². The van der Waals surface area contributed by atoms with Crippen LogP contribution < -0.4 is 0 Å². The SMILES string of the molecule is O=C(OCOCC1CC2CCC1C2)C1C2C=CC(C2)C1C(=O)OCC1CC2CCC1C2. The molecule has 0 heterocycles. The van der Waals surface area contributed by atoms with Gasteiger partial charge in [-0.3, -0.25) is 9.59 Å². The summed E-state index contributed by atoms with van der Waals surface area (Å²) < 4.78 is 17.1. The third kappa shape index (κ3) is 3.75. The van der Waals surface area contributed by atoms with Gasteiger partial charge in [0.25, 0.3) is 0 Å². The van der Waals surface area contributed by atoms with E-state index in [0.717, 1.165) is 30.1 Å². The van der Waals surface area contributed by atoms with Crippen molar-refractivity contribution in [2.24, 2.45) is 59.2 Å². The number of esters is 2. The fourth-order valence-corrected chi connectivity index (χ4v) is 8.31. The molecule has 6 bridgehead atoms. The Bertz CT molecular complexity index is 746. The monoisotopic (exact) mass is 428 g/mol. The van der Waals surface area contributed by atoms with Gasteiger partial charge < -0.3 is 14.2 Å². The Hall–Kier alpha value is -1.36. The Morgan fingerprint density at radius 1 is 0.677 bits per heavy atom. The summed E-state index contributed by atoms with van der Waals surface area (Å²) in [7, 11) is 0. The molecule has 170 valence electrons. The van der Waals surface area contributed by atoms with Crippen molar-refractivity contribution in [1.82, 2.24) is 0 Å². The third-order valence-electron chi connectivity index (χ3n) is 9.83. The Balaban J connectivity index is 0.990.